The maximum absolute atomic E-state index is 13.3. The zero-order chi connectivity index (χ0) is 25.0. The summed E-state index contributed by atoms with van der Waals surface area (Å²) in [6.45, 7) is 0.0686. The summed E-state index contributed by atoms with van der Waals surface area (Å²) in [6, 6.07) is 24.0. The molecule has 0 aromatic heterocycles. The number of ether oxygens (including phenoxy) is 2. The highest BCUT2D eigenvalue weighted by Gasteiger charge is 2.28. The molecule has 0 unspecified atom stereocenters. The summed E-state index contributed by atoms with van der Waals surface area (Å²) in [7, 11) is 1.27. The van der Waals surface area contributed by atoms with Crippen LogP contribution in [0, 0.1) is 0 Å². The van der Waals surface area contributed by atoms with Gasteiger partial charge in [-0.05, 0) is 22.8 Å². The van der Waals surface area contributed by atoms with E-state index in [0.717, 1.165) is 21.2 Å². The molecule has 2 amide bonds. The summed E-state index contributed by atoms with van der Waals surface area (Å²) in [5, 5.41) is 5.38. The van der Waals surface area contributed by atoms with Crippen molar-refractivity contribution < 1.29 is 23.9 Å². The first-order valence-corrected chi connectivity index (χ1v) is 11.9. The number of methoxy groups -OCH3 is 1. The molecule has 7 nitrogen and oxygen atoms in total. The van der Waals surface area contributed by atoms with E-state index in [-0.39, 0.29) is 19.4 Å². The number of carbonyl (C=O) groups is 3. The lowest BCUT2D eigenvalue weighted by Crippen LogP contribution is -2.53. The number of benzene rings is 3. The average Bonchev–Trinajstić information content (AvgIpc) is 2.88. The molecule has 0 spiro atoms. The Labute approximate surface area is 213 Å². The fourth-order valence-corrected chi connectivity index (χ4v) is 3.90. The van der Waals surface area contributed by atoms with Gasteiger partial charge in [-0.1, -0.05) is 94.8 Å². The van der Waals surface area contributed by atoms with Crippen molar-refractivity contribution in [1.29, 1.82) is 0 Å². The van der Waals surface area contributed by atoms with E-state index in [1.54, 1.807) is 0 Å². The van der Waals surface area contributed by atoms with Gasteiger partial charge in [-0.25, -0.2) is 9.59 Å². The zero-order valence-electron chi connectivity index (χ0n) is 19.3. The van der Waals surface area contributed by atoms with Crippen molar-refractivity contribution in [2.24, 2.45) is 0 Å². The van der Waals surface area contributed by atoms with E-state index in [1.807, 2.05) is 84.9 Å². The standard InChI is InChI=1S/C27H27BrN2O5/c1-34-26(32)24(17-21-14-8-9-15-22(21)28)29-25(31)23(16-19-10-4-2-5-11-19)30-27(33)35-18-20-12-6-3-7-13-20/h2-15,23-24H,16-18H2,1H3,(H,29,31)(H,30,33)/t23-,24+/m0/s1. The number of hydrogen-bond acceptors (Lipinski definition) is 5. The minimum atomic E-state index is -0.966. The molecule has 0 saturated carbocycles. The predicted molar refractivity (Wildman–Crippen MR) is 135 cm³/mol. The first-order valence-electron chi connectivity index (χ1n) is 11.1. The number of halogens is 1. The van der Waals surface area contributed by atoms with Crippen molar-refractivity contribution >= 4 is 33.9 Å². The molecule has 3 aromatic carbocycles. The van der Waals surface area contributed by atoms with Crippen molar-refractivity contribution in [2.75, 3.05) is 7.11 Å². The van der Waals surface area contributed by atoms with Crippen LogP contribution in [-0.2, 0) is 38.5 Å². The Kier molecular flexibility index (Phi) is 9.86. The molecule has 0 aliphatic heterocycles. The molecule has 35 heavy (non-hydrogen) atoms. The van der Waals surface area contributed by atoms with E-state index in [0.29, 0.717) is 0 Å². The average molecular weight is 539 g/mol. The molecule has 182 valence electrons. The molecule has 0 radical (unpaired) electrons. The van der Waals surface area contributed by atoms with Gasteiger partial charge < -0.3 is 20.1 Å². The highest BCUT2D eigenvalue weighted by molar-refractivity contribution is 9.10. The Morgan fingerprint density at radius 1 is 0.771 bits per heavy atom. The number of carbonyl (C=O) groups excluding carboxylic acids is 3. The molecule has 0 aliphatic rings. The van der Waals surface area contributed by atoms with Crippen LogP contribution in [0.1, 0.15) is 16.7 Å². The Balaban J connectivity index is 1.72. The highest BCUT2D eigenvalue weighted by atomic mass is 79.9. The van der Waals surface area contributed by atoms with E-state index in [9.17, 15) is 14.4 Å². The van der Waals surface area contributed by atoms with Gasteiger partial charge in [0, 0.05) is 17.3 Å². The molecule has 0 aliphatic carbocycles. The minimum absolute atomic E-state index is 0.0686. The largest absolute Gasteiger partial charge is 0.467 e. The Hall–Kier alpha value is -3.65. The number of nitrogens with one attached hydrogen (secondary N) is 2. The third-order valence-electron chi connectivity index (χ3n) is 5.29. The maximum Gasteiger partial charge on any atom is 0.408 e. The van der Waals surface area contributed by atoms with Crippen molar-refractivity contribution in [2.45, 2.75) is 31.5 Å². The van der Waals surface area contributed by atoms with Gasteiger partial charge in [0.25, 0.3) is 0 Å². The smallest absolute Gasteiger partial charge is 0.408 e. The number of alkyl carbamates (subject to hydrolysis) is 1. The first-order chi connectivity index (χ1) is 17.0. The molecule has 2 N–H and O–H groups in total. The van der Waals surface area contributed by atoms with E-state index >= 15 is 0 Å². The van der Waals surface area contributed by atoms with Crippen molar-refractivity contribution in [3.63, 3.8) is 0 Å². The lowest BCUT2D eigenvalue weighted by Gasteiger charge is -2.22. The molecule has 3 rings (SSSR count). The van der Waals surface area contributed by atoms with Crippen LogP contribution in [0.25, 0.3) is 0 Å². The normalized spacial score (nSPS) is 12.2. The van der Waals surface area contributed by atoms with Crippen LogP contribution in [0.3, 0.4) is 0 Å². The summed E-state index contributed by atoms with van der Waals surface area (Å²) >= 11 is 3.47. The first kappa shape index (κ1) is 26.0. The summed E-state index contributed by atoms with van der Waals surface area (Å²) in [4.78, 5) is 38.2. The second-order valence-corrected chi connectivity index (χ2v) is 8.68. The van der Waals surface area contributed by atoms with E-state index < -0.39 is 30.1 Å². The van der Waals surface area contributed by atoms with Gasteiger partial charge in [0.15, 0.2) is 0 Å². The van der Waals surface area contributed by atoms with Crippen LogP contribution < -0.4 is 10.6 Å². The lowest BCUT2D eigenvalue weighted by atomic mass is 10.0. The molecule has 0 bridgehead atoms. The van der Waals surface area contributed by atoms with Crippen LogP contribution >= 0.6 is 15.9 Å². The summed E-state index contributed by atoms with van der Waals surface area (Å²) in [6.07, 6.45) is -0.294. The molecule has 0 saturated heterocycles. The quantitative estimate of drug-likeness (QED) is 0.377. The number of esters is 1. The lowest BCUT2D eigenvalue weighted by molar-refractivity contribution is -0.145. The van der Waals surface area contributed by atoms with Gasteiger partial charge in [0.1, 0.15) is 18.7 Å². The maximum atomic E-state index is 13.3. The molecule has 3 aromatic rings. The van der Waals surface area contributed by atoms with E-state index in [1.165, 1.54) is 7.11 Å². The van der Waals surface area contributed by atoms with Gasteiger partial charge in [0.05, 0.1) is 7.11 Å². The zero-order valence-corrected chi connectivity index (χ0v) is 20.9. The molecule has 0 fully saturated rings. The van der Waals surface area contributed by atoms with Crippen LogP contribution in [0.2, 0.25) is 0 Å². The molecule has 0 heterocycles. The van der Waals surface area contributed by atoms with Crippen molar-refractivity contribution in [1.82, 2.24) is 10.6 Å². The van der Waals surface area contributed by atoms with Crippen LogP contribution in [0.4, 0.5) is 4.79 Å². The Morgan fingerprint density at radius 2 is 1.37 bits per heavy atom. The van der Waals surface area contributed by atoms with Crippen LogP contribution in [-0.4, -0.2) is 37.2 Å². The summed E-state index contributed by atoms with van der Waals surface area (Å²) < 4.78 is 11.0. The van der Waals surface area contributed by atoms with Gasteiger partial charge in [0.2, 0.25) is 5.91 Å². The monoisotopic (exact) mass is 538 g/mol. The Bertz CT molecular complexity index is 1120. The molecule has 8 heteroatoms. The van der Waals surface area contributed by atoms with Crippen LogP contribution in [0.15, 0.2) is 89.4 Å². The molecular formula is C27H27BrN2O5. The topological polar surface area (TPSA) is 93.7 Å². The molecule has 2 atom stereocenters. The third-order valence-corrected chi connectivity index (χ3v) is 6.06. The van der Waals surface area contributed by atoms with E-state index in [2.05, 4.69) is 26.6 Å². The fraction of sp³-hybridized carbons (Fsp3) is 0.222. The van der Waals surface area contributed by atoms with Crippen LogP contribution in [0.5, 0.6) is 0 Å². The number of amides is 2. The van der Waals surface area contributed by atoms with Gasteiger partial charge >= 0.3 is 12.1 Å². The van der Waals surface area contributed by atoms with Crippen molar-refractivity contribution in [3.8, 4) is 0 Å². The Morgan fingerprint density at radius 3 is 2.00 bits per heavy atom. The summed E-state index contributed by atoms with van der Waals surface area (Å²) in [5.41, 5.74) is 2.50. The minimum Gasteiger partial charge on any atom is -0.467 e. The third kappa shape index (κ3) is 8.26. The van der Waals surface area contributed by atoms with Gasteiger partial charge in [-0.2, -0.15) is 0 Å². The van der Waals surface area contributed by atoms with Gasteiger partial charge in [-0.3, -0.25) is 4.79 Å². The number of rotatable bonds is 10. The van der Waals surface area contributed by atoms with E-state index in [4.69, 9.17) is 9.47 Å². The second kappa shape index (κ2) is 13.3. The molecular weight excluding hydrogens is 512 g/mol. The predicted octanol–water partition coefficient (Wildman–Crippen LogP) is 4.19. The summed E-state index contributed by atoms with van der Waals surface area (Å²) in [5.74, 6) is -1.10. The highest BCUT2D eigenvalue weighted by Crippen LogP contribution is 2.18. The van der Waals surface area contributed by atoms with Gasteiger partial charge in [-0.15, -0.1) is 0 Å². The fourth-order valence-electron chi connectivity index (χ4n) is 3.46. The second-order valence-electron chi connectivity index (χ2n) is 7.83. The number of hydrogen-bond donors (Lipinski definition) is 2. The van der Waals surface area contributed by atoms with Crippen molar-refractivity contribution in [3.05, 3.63) is 106 Å². The SMILES string of the molecule is COC(=O)[C@@H](Cc1ccccc1Br)NC(=O)[C@H](Cc1ccccc1)NC(=O)OCc1ccccc1.